The predicted octanol–water partition coefficient (Wildman–Crippen LogP) is 4.20. The molecule has 1 aromatic carbocycles. The van der Waals surface area contributed by atoms with Crippen molar-refractivity contribution in [2.45, 2.75) is 39.2 Å². The standard InChI is InChI=1S/C22H28FN5OS/c1-14(2)28-22(24-15(3)25-28)27-13-19-18-5-4-16(17-11-26(12-17)8-7-23)10-20(18)29-9-6-21(19)30-27/h4-5,10,14,17H,6-9,11-13H2,1-3H3. The monoisotopic (exact) mass is 429 g/mol. The van der Waals surface area contributed by atoms with E-state index < -0.39 is 0 Å². The molecule has 2 aromatic rings. The van der Waals surface area contributed by atoms with E-state index in [0.717, 1.165) is 43.6 Å². The van der Waals surface area contributed by atoms with Gasteiger partial charge in [0.2, 0.25) is 5.95 Å². The number of hydrogen-bond donors (Lipinski definition) is 0. The lowest BCUT2D eigenvalue weighted by Crippen LogP contribution is -2.45. The molecule has 0 atom stereocenters. The lowest BCUT2D eigenvalue weighted by atomic mass is 9.89. The van der Waals surface area contributed by atoms with Crippen molar-refractivity contribution in [1.82, 2.24) is 19.7 Å². The third-order valence-electron chi connectivity index (χ3n) is 6.04. The van der Waals surface area contributed by atoms with E-state index in [4.69, 9.17) is 9.72 Å². The average molecular weight is 430 g/mol. The molecule has 1 saturated heterocycles. The number of rotatable bonds is 5. The normalized spacial score (nSPS) is 19.6. The first-order chi connectivity index (χ1) is 14.5. The van der Waals surface area contributed by atoms with Crippen LogP contribution < -0.4 is 9.04 Å². The van der Waals surface area contributed by atoms with Crippen LogP contribution in [0.2, 0.25) is 0 Å². The zero-order valence-electron chi connectivity index (χ0n) is 17.8. The van der Waals surface area contributed by atoms with E-state index in [9.17, 15) is 4.39 Å². The summed E-state index contributed by atoms with van der Waals surface area (Å²) in [7, 11) is 0. The number of aryl methyl sites for hydroxylation is 1. The molecule has 0 unspecified atom stereocenters. The van der Waals surface area contributed by atoms with Gasteiger partial charge in [-0.1, -0.05) is 12.1 Å². The van der Waals surface area contributed by atoms with Crippen molar-refractivity contribution >= 4 is 23.5 Å². The number of fused-ring (bicyclic) bond motifs is 2. The number of benzene rings is 1. The SMILES string of the molecule is Cc1nc(N2CC3=C(CCOc4cc(C5CN(CCF)C5)ccc43)S2)n(C(C)C)n1. The predicted molar refractivity (Wildman–Crippen MR) is 119 cm³/mol. The van der Waals surface area contributed by atoms with Gasteiger partial charge >= 0.3 is 0 Å². The molecule has 4 heterocycles. The first kappa shape index (κ1) is 19.9. The number of halogens is 1. The van der Waals surface area contributed by atoms with Crippen LogP contribution >= 0.6 is 11.9 Å². The number of anilines is 1. The third kappa shape index (κ3) is 3.50. The average Bonchev–Trinajstić information content (AvgIpc) is 3.24. The van der Waals surface area contributed by atoms with Crippen molar-refractivity contribution in [3.05, 3.63) is 40.1 Å². The maximum absolute atomic E-state index is 12.5. The number of alkyl halides is 1. The number of ether oxygens (including phenoxy) is 1. The Labute approximate surface area is 181 Å². The van der Waals surface area contributed by atoms with Crippen LogP contribution in [0.1, 0.15) is 49.2 Å². The van der Waals surface area contributed by atoms with Crippen molar-refractivity contribution in [2.75, 3.05) is 43.8 Å². The van der Waals surface area contributed by atoms with Gasteiger partial charge in [-0.2, -0.15) is 10.1 Å². The van der Waals surface area contributed by atoms with Gasteiger partial charge in [-0.05, 0) is 49.9 Å². The first-order valence-electron chi connectivity index (χ1n) is 10.7. The molecular weight excluding hydrogens is 401 g/mol. The second-order valence-electron chi connectivity index (χ2n) is 8.53. The molecule has 5 rings (SSSR count). The van der Waals surface area contributed by atoms with E-state index >= 15 is 0 Å². The zero-order chi connectivity index (χ0) is 20.8. The van der Waals surface area contributed by atoms with Gasteiger partial charge in [-0.15, -0.1) is 0 Å². The minimum absolute atomic E-state index is 0.264. The molecule has 1 aromatic heterocycles. The van der Waals surface area contributed by atoms with Gasteiger partial charge in [0.25, 0.3) is 0 Å². The molecular formula is C22H28FN5OS. The smallest absolute Gasteiger partial charge is 0.235 e. The van der Waals surface area contributed by atoms with Gasteiger partial charge in [-0.25, -0.2) is 9.07 Å². The zero-order valence-corrected chi connectivity index (χ0v) is 18.6. The fourth-order valence-electron chi connectivity index (χ4n) is 4.43. The van der Waals surface area contributed by atoms with E-state index in [1.165, 1.54) is 21.6 Å². The molecule has 0 amide bonds. The highest BCUT2D eigenvalue weighted by molar-refractivity contribution is 8.04. The maximum atomic E-state index is 12.5. The first-order valence-corrected chi connectivity index (χ1v) is 11.5. The second kappa shape index (κ2) is 7.89. The summed E-state index contributed by atoms with van der Waals surface area (Å²) in [6, 6.07) is 6.91. The number of likely N-dealkylation sites (tertiary alicyclic amines) is 1. The van der Waals surface area contributed by atoms with E-state index in [0.29, 0.717) is 19.1 Å². The summed E-state index contributed by atoms with van der Waals surface area (Å²) in [6.07, 6.45) is 0.906. The molecule has 6 nitrogen and oxygen atoms in total. The summed E-state index contributed by atoms with van der Waals surface area (Å²) in [5, 5.41) is 4.58. The molecule has 3 aliphatic heterocycles. The quantitative estimate of drug-likeness (QED) is 0.664. The lowest BCUT2D eigenvalue weighted by molar-refractivity contribution is 0.137. The minimum Gasteiger partial charge on any atom is -0.493 e. The van der Waals surface area contributed by atoms with Gasteiger partial charge < -0.3 is 4.74 Å². The van der Waals surface area contributed by atoms with Crippen molar-refractivity contribution in [3.63, 3.8) is 0 Å². The molecule has 8 heteroatoms. The largest absolute Gasteiger partial charge is 0.493 e. The number of aromatic nitrogens is 3. The molecule has 0 saturated carbocycles. The van der Waals surface area contributed by atoms with E-state index in [1.54, 1.807) is 11.9 Å². The Morgan fingerprint density at radius 3 is 2.90 bits per heavy atom. The van der Waals surface area contributed by atoms with Crippen LogP contribution in [-0.2, 0) is 0 Å². The summed E-state index contributed by atoms with van der Waals surface area (Å²) >= 11 is 1.77. The summed E-state index contributed by atoms with van der Waals surface area (Å²) < 4.78 is 22.9. The van der Waals surface area contributed by atoms with Crippen LogP contribution in [-0.4, -0.2) is 59.1 Å². The van der Waals surface area contributed by atoms with E-state index in [-0.39, 0.29) is 12.7 Å². The third-order valence-corrected chi connectivity index (χ3v) is 7.22. The lowest BCUT2D eigenvalue weighted by Gasteiger charge is -2.39. The topological polar surface area (TPSA) is 46.4 Å². The molecule has 3 aliphatic rings. The van der Waals surface area contributed by atoms with Crippen molar-refractivity contribution in [1.29, 1.82) is 0 Å². The highest BCUT2D eigenvalue weighted by atomic mass is 32.2. The molecule has 30 heavy (non-hydrogen) atoms. The van der Waals surface area contributed by atoms with Crippen molar-refractivity contribution < 1.29 is 9.13 Å². The van der Waals surface area contributed by atoms with Gasteiger partial charge in [0, 0.05) is 42.4 Å². The molecule has 160 valence electrons. The molecule has 1 fully saturated rings. The highest BCUT2D eigenvalue weighted by Crippen LogP contribution is 2.47. The van der Waals surface area contributed by atoms with Gasteiger partial charge in [0.15, 0.2) is 0 Å². The Kier molecular flexibility index (Phi) is 5.23. The van der Waals surface area contributed by atoms with Crippen LogP contribution in [0.15, 0.2) is 23.1 Å². The Morgan fingerprint density at radius 2 is 2.13 bits per heavy atom. The van der Waals surface area contributed by atoms with E-state index in [1.807, 2.05) is 11.6 Å². The molecule has 0 spiro atoms. The van der Waals surface area contributed by atoms with Crippen molar-refractivity contribution in [2.24, 2.45) is 0 Å². The number of nitrogens with zero attached hydrogens (tertiary/aromatic N) is 5. The fourth-order valence-corrected chi connectivity index (χ4v) is 5.55. The summed E-state index contributed by atoms with van der Waals surface area (Å²) in [5.74, 6) is 3.17. The van der Waals surface area contributed by atoms with Gasteiger partial charge in [0.1, 0.15) is 18.2 Å². The number of hydrogen-bond acceptors (Lipinski definition) is 6. The maximum Gasteiger partial charge on any atom is 0.235 e. The summed E-state index contributed by atoms with van der Waals surface area (Å²) in [5.41, 5.74) is 3.82. The Morgan fingerprint density at radius 1 is 1.30 bits per heavy atom. The highest BCUT2D eigenvalue weighted by Gasteiger charge is 2.33. The Balaban J connectivity index is 1.38. The molecule has 0 N–H and O–H groups in total. The van der Waals surface area contributed by atoms with Gasteiger partial charge in [-0.3, -0.25) is 9.21 Å². The molecule has 0 aliphatic carbocycles. The Bertz CT molecular complexity index is 982. The van der Waals surface area contributed by atoms with Crippen LogP contribution in [0.3, 0.4) is 0 Å². The Hall–Kier alpha value is -2.06. The van der Waals surface area contributed by atoms with Crippen LogP contribution in [0.5, 0.6) is 5.75 Å². The minimum atomic E-state index is -0.269. The second-order valence-corrected chi connectivity index (χ2v) is 9.64. The fraction of sp³-hybridized carbons (Fsp3) is 0.545. The van der Waals surface area contributed by atoms with Crippen molar-refractivity contribution in [3.8, 4) is 5.75 Å². The summed E-state index contributed by atoms with van der Waals surface area (Å²) in [6.45, 7) is 9.85. The molecule has 0 radical (unpaired) electrons. The van der Waals surface area contributed by atoms with Crippen LogP contribution in [0, 0.1) is 6.92 Å². The van der Waals surface area contributed by atoms with Crippen LogP contribution in [0.25, 0.3) is 5.57 Å². The van der Waals surface area contributed by atoms with Crippen LogP contribution in [0.4, 0.5) is 10.3 Å². The molecule has 0 bridgehead atoms. The van der Waals surface area contributed by atoms with E-state index in [2.05, 4.69) is 46.4 Å². The van der Waals surface area contributed by atoms with Gasteiger partial charge in [0.05, 0.1) is 19.2 Å². The summed E-state index contributed by atoms with van der Waals surface area (Å²) in [4.78, 5) is 8.22.